The maximum atomic E-state index is 12.2. The monoisotopic (exact) mass is 326 g/mol. The summed E-state index contributed by atoms with van der Waals surface area (Å²) in [6.45, 7) is 0. The highest BCUT2D eigenvalue weighted by atomic mass is 35.5. The van der Waals surface area contributed by atoms with Gasteiger partial charge in [-0.05, 0) is 24.3 Å². The van der Waals surface area contributed by atoms with Crippen LogP contribution in [-0.4, -0.2) is 18.1 Å². The Morgan fingerprint density at radius 2 is 1.86 bits per heavy atom. The summed E-state index contributed by atoms with van der Waals surface area (Å²) in [6.07, 6.45) is 0. The second-order valence-electron chi connectivity index (χ2n) is 4.20. The van der Waals surface area contributed by atoms with Gasteiger partial charge in [-0.3, -0.25) is 4.79 Å². The topological polar surface area (TPSA) is 84.6 Å². The summed E-state index contributed by atoms with van der Waals surface area (Å²) in [5, 5.41) is 12.2. The van der Waals surface area contributed by atoms with Crippen LogP contribution in [0.4, 0.5) is 11.4 Å². The molecule has 0 unspecified atom stereocenters. The fourth-order valence-electron chi connectivity index (χ4n) is 1.73. The molecule has 110 valence electrons. The number of aromatic hydroxyl groups is 1. The van der Waals surface area contributed by atoms with Crippen molar-refractivity contribution in [2.24, 2.45) is 0 Å². The summed E-state index contributed by atoms with van der Waals surface area (Å²) >= 11 is 11.6. The van der Waals surface area contributed by atoms with Crippen LogP contribution in [0.25, 0.3) is 0 Å². The van der Waals surface area contributed by atoms with E-state index in [4.69, 9.17) is 33.7 Å². The lowest BCUT2D eigenvalue weighted by Crippen LogP contribution is -2.13. The molecule has 0 aliphatic rings. The number of nitrogens with two attached hydrogens (primary N) is 1. The van der Waals surface area contributed by atoms with E-state index in [9.17, 15) is 9.90 Å². The summed E-state index contributed by atoms with van der Waals surface area (Å²) in [6, 6.07) is 7.47. The van der Waals surface area contributed by atoms with E-state index in [1.54, 1.807) is 18.2 Å². The number of nitrogen functional groups attached to an aromatic ring is 1. The number of anilines is 2. The number of benzene rings is 2. The van der Waals surface area contributed by atoms with E-state index in [0.717, 1.165) is 0 Å². The Hall–Kier alpha value is -2.11. The number of phenols is 1. The molecule has 0 fully saturated rings. The van der Waals surface area contributed by atoms with Gasteiger partial charge in [-0.1, -0.05) is 23.2 Å². The molecule has 0 aromatic heterocycles. The van der Waals surface area contributed by atoms with Crippen molar-refractivity contribution in [2.45, 2.75) is 0 Å². The largest absolute Gasteiger partial charge is 0.505 e. The van der Waals surface area contributed by atoms with E-state index < -0.39 is 5.91 Å². The van der Waals surface area contributed by atoms with Crippen molar-refractivity contribution in [3.63, 3.8) is 0 Å². The zero-order valence-corrected chi connectivity index (χ0v) is 12.5. The van der Waals surface area contributed by atoms with Gasteiger partial charge in [-0.25, -0.2) is 0 Å². The van der Waals surface area contributed by atoms with Crippen LogP contribution in [0.2, 0.25) is 10.0 Å². The highest BCUT2D eigenvalue weighted by Crippen LogP contribution is 2.35. The van der Waals surface area contributed by atoms with Crippen LogP contribution in [0.15, 0.2) is 30.3 Å². The Morgan fingerprint density at radius 3 is 2.43 bits per heavy atom. The molecule has 2 aromatic rings. The summed E-state index contributed by atoms with van der Waals surface area (Å²) < 4.78 is 5.12. The first-order valence-electron chi connectivity index (χ1n) is 5.85. The Labute approximate surface area is 131 Å². The minimum absolute atomic E-state index is 0.0436. The van der Waals surface area contributed by atoms with E-state index in [1.165, 1.54) is 19.2 Å². The highest BCUT2D eigenvalue weighted by molar-refractivity contribution is 6.37. The van der Waals surface area contributed by atoms with Crippen molar-refractivity contribution in [2.75, 3.05) is 18.2 Å². The molecule has 2 rings (SSSR count). The zero-order valence-electron chi connectivity index (χ0n) is 11.0. The van der Waals surface area contributed by atoms with E-state index in [1.807, 2.05) is 0 Å². The number of hydrogen-bond acceptors (Lipinski definition) is 4. The number of hydrogen-bond donors (Lipinski definition) is 3. The molecule has 0 heterocycles. The van der Waals surface area contributed by atoms with Gasteiger partial charge in [0.2, 0.25) is 0 Å². The molecule has 0 bridgehead atoms. The van der Waals surface area contributed by atoms with Gasteiger partial charge in [0.05, 0.1) is 22.7 Å². The second kappa shape index (κ2) is 6.11. The van der Waals surface area contributed by atoms with Crippen LogP contribution >= 0.6 is 23.2 Å². The predicted molar refractivity (Wildman–Crippen MR) is 83.5 cm³/mol. The molecule has 0 saturated carbocycles. The van der Waals surface area contributed by atoms with E-state index in [-0.39, 0.29) is 15.8 Å². The van der Waals surface area contributed by atoms with Crippen LogP contribution in [-0.2, 0) is 0 Å². The first-order valence-corrected chi connectivity index (χ1v) is 6.61. The van der Waals surface area contributed by atoms with E-state index in [2.05, 4.69) is 5.32 Å². The van der Waals surface area contributed by atoms with E-state index >= 15 is 0 Å². The molecular weight excluding hydrogens is 315 g/mol. The molecule has 0 aliphatic heterocycles. The van der Waals surface area contributed by atoms with Crippen molar-refractivity contribution in [1.29, 1.82) is 0 Å². The Bertz CT molecular complexity index is 682. The average Bonchev–Trinajstić information content (AvgIpc) is 2.44. The van der Waals surface area contributed by atoms with Gasteiger partial charge >= 0.3 is 0 Å². The number of carbonyl (C=O) groups excluding carboxylic acids is 1. The molecule has 0 spiro atoms. The summed E-state index contributed by atoms with van der Waals surface area (Å²) in [4.78, 5) is 12.2. The van der Waals surface area contributed by atoms with Crippen LogP contribution in [0, 0.1) is 0 Å². The van der Waals surface area contributed by atoms with Crippen LogP contribution < -0.4 is 15.8 Å². The molecule has 21 heavy (non-hydrogen) atoms. The smallest absolute Gasteiger partial charge is 0.259 e. The predicted octanol–water partition coefficient (Wildman–Crippen LogP) is 3.54. The number of ether oxygens (including phenoxy) is 1. The summed E-state index contributed by atoms with van der Waals surface area (Å²) in [5.74, 6) is -0.297. The Kier molecular flexibility index (Phi) is 4.45. The molecule has 0 aliphatic carbocycles. The van der Waals surface area contributed by atoms with Crippen molar-refractivity contribution in [1.82, 2.24) is 0 Å². The van der Waals surface area contributed by atoms with Crippen LogP contribution in [0.3, 0.4) is 0 Å². The van der Waals surface area contributed by atoms with Gasteiger partial charge in [0, 0.05) is 17.4 Å². The maximum absolute atomic E-state index is 12.2. The van der Waals surface area contributed by atoms with Crippen LogP contribution in [0.1, 0.15) is 10.4 Å². The highest BCUT2D eigenvalue weighted by Gasteiger charge is 2.14. The standard InChI is InChI=1S/C14H12Cl2N2O3/c1-21-12-4-7(17)2-3-9(12)14(20)18-8-5-10(15)13(19)11(16)6-8/h2-6,19H,17H2,1H3,(H,18,20). The number of phenolic OH excluding ortho intramolecular Hbond substituents is 1. The molecule has 1 amide bonds. The minimum Gasteiger partial charge on any atom is -0.505 e. The number of halogens is 2. The third-order valence-corrected chi connectivity index (χ3v) is 3.32. The third kappa shape index (κ3) is 3.32. The van der Waals surface area contributed by atoms with Gasteiger partial charge in [-0.2, -0.15) is 0 Å². The first kappa shape index (κ1) is 15.3. The number of carbonyl (C=O) groups is 1. The molecule has 0 atom stereocenters. The summed E-state index contributed by atoms with van der Waals surface area (Å²) in [5.41, 5.74) is 6.79. The third-order valence-electron chi connectivity index (χ3n) is 2.74. The average molecular weight is 327 g/mol. The van der Waals surface area contributed by atoms with Crippen LogP contribution in [0.5, 0.6) is 11.5 Å². The van der Waals surface area contributed by atoms with Crippen molar-refractivity contribution in [3.05, 3.63) is 45.9 Å². The Balaban J connectivity index is 2.30. The van der Waals surface area contributed by atoms with Gasteiger partial charge in [0.25, 0.3) is 5.91 Å². The molecule has 5 nitrogen and oxygen atoms in total. The molecular formula is C14H12Cl2N2O3. The SMILES string of the molecule is COc1cc(N)ccc1C(=O)Nc1cc(Cl)c(O)c(Cl)c1. The quantitative estimate of drug-likeness (QED) is 0.595. The van der Waals surface area contributed by atoms with E-state index in [0.29, 0.717) is 22.7 Å². The number of methoxy groups -OCH3 is 1. The first-order chi connectivity index (χ1) is 9.92. The molecule has 4 N–H and O–H groups in total. The maximum Gasteiger partial charge on any atom is 0.259 e. The van der Waals surface area contributed by atoms with Gasteiger partial charge in [-0.15, -0.1) is 0 Å². The molecule has 0 radical (unpaired) electrons. The Morgan fingerprint density at radius 1 is 1.24 bits per heavy atom. The van der Waals surface area contributed by atoms with Gasteiger partial charge in [0.1, 0.15) is 5.75 Å². The number of amides is 1. The summed E-state index contributed by atoms with van der Waals surface area (Å²) in [7, 11) is 1.44. The van der Waals surface area contributed by atoms with Gasteiger partial charge in [0.15, 0.2) is 5.75 Å². The number of rotatable bonds is 3. The molecule has 0 saturated heterocycles. The lowest BCUT2D eigenvalue weighted by Gasteiger charge is -2.11. The van der Waals surface area contributed by atoms with Crippen molar-refractivity contribution < 1.29 is 14.6 Å². The fraction of sp³-hybridized carbons (Fsp3) is 0.0714. The zero-order chi connectivity index (χ0) is 15.6. The lowest BCUT2D eigenvalue weighted by atomic mass is 10.1. The molecule has 2 aromatic carbocycles. The van der Waals surface area contributed by atoms with Gasteiger partial charge < -0.3 is 20.9 Å². The number of nitrogens with one attached hydrogen (secondary N) is 1. The normalized spacial score (nSPS) is 10.2. The second-order valence-corrected chi connectivity index (χ2v) is 5.02. The van der Waals surface area contributed by atoms with Crippen molar-refractivity contribution in [3.8, 4) is 11.5 Å². The minimum atomic E-state index is -0.412. The molecule has 7 heteroatoms. The van der Waals surface area contributed by atoms with Crippen molar-refractivity contribution >= 4 is 40.5 Å². The lowest BCUT2D eigenvalue weighted by molar-refractivity contribution is 0.102. The fourth-order valence-corrected chi connectivity index (χ4v) is 2.22.